The fraction of sp³-hybridized carbons (Fsp3) is 0.167. The average Bonchev–Trinajstić information content (AvgIpc) is 3.35. The number of amides is 1. The second kappa shape index (κ2) is 6.52. The van der Waals surface area contributed by atoms with E-state index in [1.807, 2.05) is 0 Å². The van der Waals surface area contributed by atoms with Crippen molar-refractivity contribution in [3.63, 3.8) is 0 Å². The lowest BCUT2D eigenvalue weighted by Gasteiger charge is -2.08. The summed E-state index contributed by atoms with van der Waals surface area (Å²) in [5.41, 5.74) is 1.86. The third-order valence-corrected chi connectivity index (χ3v) is 4.11. The predicted molar refractivity (Wildman–Crippen MR) is 94.9 cm³/mol. The van der Waals surface area contributed by atoms with Gasteiger partial charge in [0.2, 0.25) is 0 Å². The molecule has 0 unspecified atom stereocenters. The van der Waals surface area contributed by atoms with Crippen LogP contribution >= 0.6 is 0 Å². The molecule has 0 aliphatic heterocycles. The fourth-order valence-corrected chi connectivity index (χ4v) is 2.71. The monoisotopic (exact) mass is 365 g/mol. The predicted octanol–water partition coefficient (Wildman–Crippen LogP) is 1.81. The van der Waals surface area contributed by atoms with Gasteiger partial charge in [-0.15, -0.1) is 0 Å². The molecule has 3 aromatic heterocycles. The van der Waals surface area contributed by atoms with Crippen molar-refractivity contribution in [2.24, 2.45) is 7.05 Å². The fourth-order valence-electron chi connectivity index (χ4n) is 2.71. The SMILES string of the molecule is Cc1nc2cc(C(=O)NCc3noc(-c4ccco4)n3)ccc2n(C)c1=O. The zero-order chi connectivity index (χ0) is 19.0. The number of fused-ring (bicyclic) bond motifs is 1. The highest BCUT2D eigenvalue weighted by Gasteiger charge is 2.14. The molecule has 0 aliphatic rings. The van der Waals surface area contributed by atoms with Crippen LogP contribution in [0.15, 0.2) is 50.3 Å². The van der Waals surface area contributed by atoms with Crippen LogP contribution in [0.4, 0.5) is 0 Å². The van der Waals surface area contributed by atoms with E-state index in [9.17, 15) is 9.59 Å². The minimum absolute atomic E-state index is 0.0980. The van der Waals surface area contributed by atoms with Crippen LogP contribution in [0.25, 0.3) is 22.7 Å². The number of benzene rings is 1. The van der Waals surface area contributed by atoms with E-state index in [4.69, 9.17) is 8.94 Å². The van der Waals surface area contributed by atoms with Gasteiger partial charge in [-0.25, -0.2) is 4.98 Å². The van der Waals surface area contributed by atoms with Crippen molar-refractivity contribution in [2.75, 3.05) is 0 Å². The summed E-state index contributed by atoms with van der Waals surface area (Å²) in [6, 6.07) is 8.39. The van der Waals surface area contributed by atoms with Crippen molar-refractivity contribution in [3.05, 3.63) is 64.0 Å². The van der Waals surface area contributed by atoms with Crippen LogP contribution in [-0.2, 0) is 13.6 Å². The standard InChI is InChI=1S/C18H15N5O4/c1-10-18(25)23(2)13-6-5-11(8-12(13)20-10)16(24)19-9-15-21-17(27-22-15)14-4-3-7-26-14/h3-8H,9H2,1-2H3,(H,19,24). The zero-order valence-corrected chi connectivity index (χ0v) is 14.6. The Hall–Kier alpha value is -3.75. The van der Waals surface area contributed by atoms with Crippen molar-refractivity contribution < 1.29 is 13.7 Å². The van der Waals surface area contributed by atoms with E-state index in [1.165, 1.54) is 10.8 Å². The summed E-state index contributed by atoms with van der Waals surface area (Å²) in [6.45, 7) is 1.74. The number of carbonyl (C=O) groups excluding carboxylic acids is 1. The highest BCUT2D eigenvalue weighted by Crippen LogP contribution is 2.17. The molecule has 1 N–H and O–H groups in total. The van der Waals surface area contributed by atoms with Crippen molar-refractivity contribution in [1.29, 1.82) is 0 Å². The van der Waals surface area contributed by atoms with E-state index in [0.29, 0.717) is 33.9 Å². The average molecular weight is 365 g/mol. The first-order valence-corrected chi connectivity index (χ1v) is 8.15. The van der Waals surface area contributed by atoms with Crippen molar-refractivity contribution in [1.82, 2.24) is 25.0 Å². The Morgan fingerprint density at radius 1 is 1.26 bits per heavy atom. The molecule has 4 rings (SSSR count). The molecule has 1 amide bonds. The summed E-state index contributed by atoms with van der Waals surface area (Å²) in [6.07, 6.45) is 1.51. The molecule has 0 spiro atoms. The van der Waals surface area contributed by atoms with Gasteiger partial charge in [-0.1, -0.05) is 5.16 Å². The maximum atomic E-state index is 12.4. The number of hydrogen-bond donors (Lipinski definition) is 1. The Morgan fingerprint density at radius 2 is 2.11 bits per heavy atom. The smallest absolute Gasteiger partial charge is 0.293 e. The Kier molecular flexibility index (Phi) is 4.03. The molecule has 0 radical (unpaired) electrons. The second-order valence-electron chi connectivity index (χ2n) is 5.94. The Balaban J connectivity index is 1.51. The van der Waals surface area contributed by atoms with Crippen molar-refractivity contribution in [2.45, 2.75) is 13.5 Å². The summed E-state index contributed by atoms with van der Waals surface area (Å²) in [5, 5.41) is 6.54. The Bertz CT molecular complexity index is 1190. The van der Waals surface area contributed by atoms with Crippen LogP contribution in [0.1, 0.15) is 21.9 Å². The minimum atomic E-state index is -0.311. The molecule has 0 bridgehead atoms. The van der Waals surface area contributed by atoms with Gasteiger partial charge in [-0.2, -0.15) is 4.98 Å². The number of aromatic nitrogens is 4. The minimum Gasteiger partial charge on any atom is -0.459 e. The lowest BCUT2D eigenvalue weighted by Crippen LogP contribution is -2.24. The molecule has 0 aliphatic carbocycles. The molecule has 9 heteroatoms. The Morgan fingerprint density at radius 3 is 2.89 bits per heavy atom. The number of nitrogens with zero attached hydrogens (tertiary/aromatic N) is 4. The van der Waals surface area contributed by atoms with Gasteiger partial charge in [0, 0.05) is 12.6 Å². The summed E-state index contributed by atoms with van der Waals surface area (Å²) in [4.78, 5) is 32.8. The van der Waals surface area contributed by atoms with Crippen molar-refractivity contribution in [3.8, 4) is 11.7 Å². The highest BCUT2D eigenvalue weighted by molar-refractivity contribution is 5.97. The third kappa shape index (κ3) is 3.10. The quantitative estimate of drug-likeness (QED) is 0.586. The lowest BCUT2D eigenvalue weighted by atomic mass is 10.1. The van der Waals surface area contributed by atoms with Gasteiger partial charge in [0.25, 0.3) is 17.4 Å². The number of furan rings is 1. The summed E-state index contributed by atoms with van der Waals surface area (Å²) in [7, 11) is 1.67. The van der Waals surface area contributed by atoms with Gasteiger partial charge < -0.3 is 18.8 Å². The number of nitrogens with one attached hydrogen (secondary N) is 1. The largest absolute Gasteiger partial charge is 0.459 e. The third-order valence-electron chi connectivity index (χ3n) is 4.11. The lowest BCUT2D eigenvalue weighted by molar-refractivity contribution is 0.0949. The van der Waals surface area contributed by atoms with E-state index in [2.05, 4.69) is 20.4 Å². The van der Waals surface area contributed by atoms with E-state index in [-0.39, 0.29) is 23.9 Å². The number of rotatable bonds is 4. The van der Waals surface area contributed by atoms with E-state index < -0.39 is 0 Å². The van der Waals surface area contributed by atoms with Crippen LogP contribution in [0.2, 0.25) is 0 Å². The van der Waals surface area contributed by atoms with Gasteiger partial charge in [0.05, 0.1) is 23.8 Å². The molecule has 0 atom stereocenters. The van der Waals surface area contributed by atoms with Gasteiger partial charge in [0.1, 0.15) is 5.69 Å². The first-order chi connectivity index (χ1) is 13.0. The first kappa shape index (κ1) is 16.7. The highest BCUT2D eigenvalue weighted by atomic mass is 16.5. The molecule has 0 saturated carbocycles. The molecule has 4 aromatic rings. The van der Waals surface area contributed by atoms with E-state index >= 15 is 0 Å². The van der Waals surface area contributed by atoms with Crippen LogP contribution in [-0.4, -0.2) is 25.6 Å². The first-order valence-electron chi connectivity index (χ1n) is 8.15. The van der Waals surface area contributed by atoms with Gasteiger partial charge >= 0.3 is 0 Å². The summed E-state index contributed by atoms with van der Waals surface area (Å²) >= 11 is 0. The topological polar surface area (TPSA) is 116 Å². The summed E-state index contributed by atoms with van der Waals surface area (Å²) in [5.74, 6) is 0.721. The maximum absolute atomic E-state index is 12.4. The van der Waals surface area contributed by atoms with Crippen LogP contribution in [0.3, 0.4) is 0 Å². The number of aryl methyl sites for hydroxylation is 2. The zero-order valence-electron chi connectivity index (χ0n) is 14.6. The molecule has 0 saturated heterocycles. The molecule has 1 aromatic carbocycles. The number of carbonyl (C=O) groups is 1. The Labute approximate surface area is 152 Å². The van der Waals surface area contributed by atoms with Gasteiger partial charge in [-0.05, 0) is 37.3 Å². The molecular weight excluding hydrogens is 350 g/mol. The van der Waals surface area contributed by atoms with Crippen LogP contribution < -0.4 is 10.9 Å². The van der Waals surface area contributed by atoms with Crippen LogP contribution in [0.5, 0.6) is 0 Å². The molecule has 9 nitrogen and oxygen atoms in total. The normalized spacial score (nSPS) is 11.0. The maximum Gasteiger partial charge on any atom is 0.293 e. The van der Waals surface area contributed by atoms with Gasteiger partial charge in [0.15, 0.2) is 11.6 Å². The van der Waals surface area contributed by atoms with E-state index in [0.717, 1.165) is 0 Å². The van der Waals surface area contributed by atoms with E-state index in [1.54, 1.807) is 44.3 Å². The van der Waals surface area contributed by atoms with Crippen molar-refractivity contribution >= 4 is 16.9 Å². The molecular formula is C18H15N5O4. The number of hydrogen-bond acceptors (Lipinski definition) is 7. The molecule has 3 heterocycles. The van der Waals surface area contributed by atoms with Crippen LogP contribution in [0, 0.1) is 6.92 Å². The second-order valence-corrected chi connectivity index (χ2v) is 5.94. The molecule has 0 fully saturated rings. The molecule has 136 valence electrons. The molecule has 27 heavy (non-hydrogen) atoms. The van der Waals surface area contributed by atoms with Gasteiger partial charge in [-0.3, -0.25) is 9.59 Å². The summed E-state index contributed by atoms with van der Waals surface area (Å²) < 4.78 is 11.8.